The molecule has 1 aromatic rings. The molecule has 0 N–H and O–H groups in total. The molecule has 3 heterocycles. The van der Waals surface area contributed by atoms with Crippen LogP contribution in [0.15, 0.2) is 5.38 Å². The number of carbonyl (C=O) groups excluding carboxylic acids is 1. The maximum atomic E-state index is 13.3. The van der Waals surface area contributed by atoms with Gasteiger partial charge in [0.2, 0.25) is 5.91 Å². The van der Waals surface area contributed by atoms with Gasteiger partial charge >= 0.3 is 0 Å². The van der Waals surface area contributed by atoms with Gasteiger partial charge in [0, 0.05) is 31.1 Å². The molecule has 1 unspecified atom stereocenters. The second-order valence-corrected chi connectivity index (χ2v) is 9.06. The molecule has 4 nitrogen and oxygen atoms in total. The Hall–Kier alpha value is -0.940. The third-order valence-corrected chi connectivity index (χ3v) is 7.09. The van der Waals surface area contributed by atoms with Crippen LogP contribution in [0.25, 0.3) is 0 Å². The quantitative estimate of drug-likeness (QED) is 0.838. The fourth-order valence-corrected chi connectivity index (χ4v) is 5.63. The van der Waals surface area contributed by atoms with E-state index < -0.39 is 0 Å². The first kappa shape index (κ1) is 16.5. The lowest BCUT2D eigenvalue weighted by Gasteiger charge is -2.44. The number of amides is 1. The molecular formula is C19H29N3OS. The van der Waals surface area contributed by atoms with Crippen molar-refractivity contribution in [1.82, 2.24) is 14.8 Å². The number of piperidine rings is 1. The van der Waals surface area contributed by atoms with Crippen LogP contribution < -0.4 is 0 Å². The van der Waals surface area contributed by atoms with Gasteiger partial charge in [-0.1, -0.05) is 19.3 Å². The molecule has 0 aromatic carbocycles. The van der Waals surface area contributed by atoms with Gasteiger partial charge < -0.3 is 4.90 Å². The highest BCUT2D eigenvalue weighted by atomic mass is 32.1. The summed E-state index contributed by atoms with van der Waals surface area (Å²) in [7, 11) is 0. The summed E-state index contributed by atoms with van der Waals surface area (Å²) in [6.45, 7) is 5.94. The Morgan fingerprint density at radius 3 is 2.79 bits per heavy atom. The van der Waals surface area contributed by atoms with Gasteiger partial charge in [-0.15, -0.1) is 11.3 Å². The Bertz CT molecular complexity index is 595. The van der Waals surface area contributed by atoms with Gasteiger partial charge in [-0.3, -0.25) is 9.69 Å². The smallest absolute Gasteiger partial charge is 0.230 e. The molecule has 1 atom stereocenters. The summed E-state index contributed by atoms with van der Waals surface area (Å²) < 4.78 is 0. The molecule has 2 aliphatic heterocycles. The Morgan fingerprint density at radius 1 is 1.21 bits per heavy atom. The first-order valence-electron chi connectivity index (χ1n) is 9.61. The van der Waals surface area contributed by atoms with Crippen molar-refractivity contribution in [1.29, 1.82) is 0 Å². The summed E-state index contributed by atoms with van der Waals surface area (Å²) in [4.78, 5) is 22.7. The number of hydrogen-bond acceptors (Lipinski definition) is 4. The molecule has 1 aliphatic carbocycles. The van der Waals surface area contributed by atoms with E-state index in [9.17, 15) is 4.79 Å². The lowest BCUT2D eigenvalue weighted by Crippen LogP contribution is -2.54. The van der Waals surface area contributed by atoms with Crippen LogP contribution in [-0.2, 0) is 11.3 Å². The number of aromatic nitrogens is 1. The number of carbonyl (C=O) groups is 1. The lowest BCUT2D eigenvalue weighted by molar-refractivity contribution is -0.149. The van der Waals surface area contributed by atoms with Gasteiger partial charge in [0.05, 0.1) is 16.1 Å². The van der Waals surface area contributed by atoms with Crippen LogP contribution in [0.3, 0.4) is 0 Å². The van der Waals surface area contributed by atoms with Gasteiger partial charge in [-0.2, -0.15) is 0 Å². The molecule has 3 fully saturated rings. The molecule has 2 saturated heterocycles. The Kier molecular flexibility index (Phi) is 4.65. The summed E-state index contributed by atoms with van der Waals surface area (Å²) in [5.74, 6) is 0.470. The summed E-state index contributed by atoms with van der Waals surface area (Å²) >= 11 is 1.72. The van der Waals surface area contributed by atoms with Crippen molar-refractivity contribution in [3.05, 3.63) is 16.1 Å². The average molecular weight is 348 g/mol. The standard InChI is InChI=1S/C19H29N3OS/c1-15-20-16(13-24-15)12-21-11-9-19(14-21)8-5-10-22(18(19)23)17-6-3-2-4-7-17/h13,17H,2-12,14H2,1H3. The van der Waals surface area contributed by atoms with Crippen LogP contribution in [0.2, 0.25) is 0 Å². The SMILES string of the molecule is Cc1nc(CN2CCC3(CCCN(C4CCCCC4)C3=O)C2)cs1. The van der Waals surface area contributed by atoms with Crippen molar-refractivity contribution in [3.63, 3.8) is 0 Å². The number of hydrogen-bond donors (Lipinski definition) is 0. The molecule has 1 amide bonds. The predicted octanol–water partition coefficient (Wildman–Crippen LogP) is 3.60. The second kappa shape index (κ2) is 6.75. The van der Waals surface area contributed by atoms with E-state index in [1.165, 1.54) is 44.2 Å². The predicted molar refractivity (Wildman–Crippen MR) is 97.0 cm³/mol. The highest BCUT2D eigenvalue weighted by Crippen LogP contribution is 2.42. The zero-order valence-corrected chi connectivity index (χ0v) is 15.6. The molecular weight excluding hydrogens is 318 g/mol. The van der Waals surface area contributed by atoms with Crippen LogP contribution in [0.5, 0.6) is 0 Å². The number of nitrogens with zero attached hydrogens (tertiary/aromatic N) is 3. The maximum Gasteiger partial charge on any atom is 0.230 e. The monoisotopic (exact) mass is 347 g/mol. The van der Waals surface area contributed by atoms with Gasteiger partial charge in [0.25, 0.3) is 0 Å². The van der Waals surface area contributed by atoms with E-state index in [-0.39, 0.29) is 5.41 Å². The van der Waals surface area contributed by atoms with E-state index >= 15 is 0 Å². The Labute approximate surface area is 149 Å². The van der Waals surface area contributed by atoms with Gasteiger partial charge in [0.15, 0.2) is 0 Å². The molecule has 24 heavy (non-hydrogen) atoms. The van der Waals surface area contributed by atoms with Crippen molar-refractivity contribution < 1.29 is 4.79 Å². The molecule has 132 valence electrons. The van der Waals surface area contributed by atoms with Crippen molar-refractivity contribution in [2.45, 2.75) is 70.9 Å². The van der Waals surface area contributed by atoms with Gasteiger partial charge in [0.1, 0.15) is 0 Å². The third kappa shape index (κ3) is 3.13. The minimum Gasteiger partial charge on any atom is -0.339 e. The first-order chi connectivity index (χ1) is 11.7. The minimum absolute atomic E-state index is 0.0965. The molecule has 0 bridgehead atoms. The molecule has 3 aliphatic rings. The van der Waals surface area contributed by atoms with Crippen molar-refractivity contribution >= 4 is 17.2 Å². The van der Waals surface area contributed by atoms with Gasteiger partial charge in [-0.25, -0.2) is 4.98 Å². The van der Waals surface area contributed by atoms with Crippen molar-refractivity contribution in [3.8, 4) is 0 Å². The highest BCUT2D eigenvalue weighted by Gasteiger charge is 2.49. The van der Waals surface area contributed by atoms with Crippen molar-refractivity contribution in [2.24, 2.45) is 5.41 Å². The van der Waals surface area contributed by atoms with Crippen LogP contribution in [0.4, 0.5) is 0 Å². The number of thiazole rings is 1. The zero-order valence-electron chi connectivity index (χ0n) is 14.8. The maximum absolute atomic E-state index is 13.3. The lowest BCUT2D eigenvalue weighted by atomic mass is 9.77. The summed E-state index contributed by atoms with van der Waals surface area (Å²) in [5, 5.41) is 3.30. The topological polar surface area (TPSA) is 36.4 Å². The minimum atomic E-state index is -0.0965. The third-order valence-electron chi connectivity index (χ3n) is 6.27. The summed E-state index contributed by atoms with van der Waals surface area (Å²) in [5.41, 5.74) is 1.07. The molecule has 0 radical (unpaired) electrons. The Morgan fingerprint density at radius 2 is 2.04 bits per heavy atom. The normalized spacial score (nSPS) is 29.7. The van der Waals surface area contributed by atoms with E-state index in [1.54, 1.807) is 11.3 Å². The van der Waals surface area contributed by atoms with Crippen LogP contribution in [-0.4, -0.2) is 46.4 Å². The number of rotatable bonds is 3. The number of aryl methyl sites for hydroxylation is 1. The highest BCUT2D eigenvalue weighted by molar-refractivity contribution is 7.09. The molecule has 1 spiro atoms. The Balaban J connectivity index is 1.43. The largest absolute Gasteiger partial charge is 0.339 e. The van der Waals surface area contributed by atoms with E-state index in [0.717, 1.165) is 44.0 Å². The zero-order chi connectivity index (χ0) is 16.6. The van der Waals surface area contributed by atoms with E-state index in [4.69, 9.17) is 0 Å². The van der Waals surface area contributed by atoms with Crippen LogP contribution >= 0.6 is 11.3 Å². The van der Waals surface area contributed by atoms with Gasteiger partial charge in [-0.05, 0) is 45.6 Å². The first-order valence-corrected chi connectivity index (χ1v) is 10.5. The van der Waals surface area contributed by atoms with Crippen LogP contribution in [0, 0.1) is 12.3 Å². The second-order valence-electron chi connectivity index (χ2n) is 7.99. The molecule has 1 aromatic heterocycles. The van der Waals surface area contributed by atoms with E-state index in [0.29, 0.717) is 11.9 Å². The van der Waals surface area contributed by atoms with Crippen LogP contribution in [0.1, 0.15) is 62.1 Å². The van der Waals surface area contributed by atoms with E-state index in [1.807, 2.05) is 0 Å². The fraction of sp³-hybridized carbons (Fsp3) is 0.789. The fourth-order valence-electron chi connectivity index (χ4n) is 5.02. The molecule has 4 rings (SSSR count). The van der Waals surface area contributed by atoms with Crippen molar-refractivity contribution in [2.75, 3.05) is 19.6 Å². The average Bonchev–Trinajstić information content (AvgIpc) is 3.19. The van der Waals surface area contributed by atoms with E-state index in [2.05, 4.69) is 27.1 Å². The molecule has 1 saturated carbocycles. The number of likely N-dealkylation sites (tertiary alicyclic amines) is 2. The molecule has 5 heteroatoms. The summed E-state index contributed by atoms with van der Waals surface area (Å²) in [6, 6.07) is 0.527. The summed E-state index contributed by atoms with van der Waals surface area (Å²) in [6.07, 6.45) is 9.72.